The lowest BCUT2D eigenvalue weighted by Crippen LogP contribution is -2.37. The van der Waals surface area contributed by atoms with Gasteiger partial charge in [0.1, 0.15) is 12.4 Å². The molecule has 3 N–H and O–H groups in total. The van der Waals surface area contributed by atoms with E-state index in [9.17, 15) is 4.79 Å². The molecule has 1 aliphatic rings. The van der Waals surface area contributed by atoms with Gasteiger partial charge in [-0.05, 0) is 0 Å². The largest absolute Gasteiger partial charge is 0.480 e. The molecule has 6 heteroatoms. The van der Waals surface area contributed by atoms with Crippen LogP contribution < -0.4 is 5.73 Å². The minimum Gasteiger partial charge on any atom is -0.480 e. The van der Waals surface area contributed by atoms with Crippen LogP contribution in [0.3, 0.4) is 0 Å². The molecule has 0 aromatic rings. The number of nitrogens with zero attached hydrogens (tertiary/aromatic N) is 2. The van der Waals surface area contributed by atoms with E-state index in [0.717, 1.165) is 0 Å². The summed E-state index contributed by atoms with van der Waals surface area (Å²) in [6.07, 6.45) is 3.08. The first-order valence-corrected chi connectivity index (χ1v) is 4.08. The molecule has 1 heterocycles. The molecule has 66 valence electrons. The van der Waals surface area contributed by atoms with E-state index in [-0.39, 0.29) is 6.42 Å². The molecule has 0 amide bonds. The first-order chi connectivity index (χ1) is 5.53. The molecule has 0 fully saturated rings. The van der Waals surface area contributed by atoms with Crippen LogP contribution in [0, 0.1) is 0 Å². The minimum absolute atomic E-state index is 0.197. The average Bonchev–Trinajstić information content (AvgIpc) is 2.35. The van der Waals surface area contributed by atoms with Gasteiger partial charge in [0, 0.05) is 12.6 Å². The molecule has 0 radical (unpaired) electrons. The highest BCUT2D eigenvalue weighted by molar-refractivity contribution is 9.10. The lowest BCUT2D eigenvalue weighted by Gasteiger charge is -2.16. The summed E-state index contributed by atoms with van der Waals surface area (Å²) in [6.45, 7) is 0. The second-order valence-electron chi connectivity index (χ2n) is 2.49. The summed E-state index contributed by atoms with van der Waals surface area (Å²) in [5.74, 6) is -1.04. The van der Waals surface area contributed by atoms with E-state index in [2.05, 4.69) is 25.9 Å². The first-order valence-electron chi connectivity index (χ1n) is 3.29. The van der Waals surface area contributed by atoms with Crippen LogP contribution in [0.15, 0.2) is 9.98 Å². The smallest absolute Gasteiger partial charge is 0.320 e. The lowest BCUT2D eigenvalue weighted by molar-refractivity contribution is -0.138. The predicted octanol–water partition coefficient (Wildman–Crippen LogP) is -0.00770. The zero-order valence-corrected chi connectivity index (χ0v) is 7.73. The molecule has 12 heavy (non-hydrogen) atoms. The van der Waals surface area contributed by atoms with Crippen molar-refractivity contribution >= 4 is 34.5 Å². The van der Waals surface area contributed by atoms with Crippen LogP contribution in [0.2, 0.25) is 0 Å². The molecule has 1 aliphatic heterocycles. The van der Waals surface area contributed by atoms with Gasteiger partial charge in [0.25, 0.3) is 0 Å². The molecule has 0 aliphatic carbocycles. The summed E-state index contributed by atoms with van der Waals surface area (Å²) in [5, 5.41) is 8.51. The number of carbonyl (C=O) groups is 1. The van der Waals surface area contributed by atoms with Crippen LogP contribution in [0.25, 0.3) is 0 Å². The topological polar surface area (TPSA) is 88.0 Å². The third kappa shape index (κ3) is 2.12. The van der Waals surface area contributed by atoms with Gasteiger partial charge in [0.15, 0.2) is 4.45 Å². The number of carboxylic acid groups (broad SMARTS) is 1. The van der Waals surface area contributed by atoms with Crippen molar-refractivity contribution < 1.29 is 9.90 Å². The van der Waals surface area contributed by atoms with Crippen LogP contribution in [0.1, 0.15) is 6.42 Å². The van der Waals surface area contributed by atoms with E-state index in [0.29, 0.717) is 0 Å². The number of hydrogen-bond donors (Lipinski definition) is 2. The van der Waals surface area contributed by atoms with E-state index < -0.39 is 16.5 Å². The summed E-state index contributed by atoms with van der Waals surface area (Å²) in [6, 6.07) is -0.925. The molecule has 2 atom stereocenters. The van der Waals surface area contributed by atoms with Crippen LogP contribution in [0.4, 0.5) is 0 Å². The quantitative estimate of drug-likeness (QED) is 0.531. The van der Waals surface area contributed by atoms with Crippen molar-refractivity contribution in [3.05, 3.63) is 0 Å². The Morgan fingerprint density at radius 1 is 1.83 bits per heavy atom. The molecule has 0 saturated heterocycles. The van der Waals surface area contributed by atoms with Gasteiger partial charge in [-0.25, -0.2) is 9.98 Å². The SMILES string of the molecule is NC(CC1(Br)C=NC=N1)C(=O)O. The summed E-state index contributed by atoms with van der Waals surface area (Å²) in [4.78, 5) is 18.0. The number of aliphatic carboxylic acids is 1. The Kier molecular flexibility index (Phi) is 2.58. The fourth-order valence-electron chi connectivity index (χ4n) is 0.811. The predicted molar refractivity (Wildman–Crippen MR) is 48.9 cm³/mol. The van der Waals surface area contributed by atoms with Crippen molar-refractivity contribution in [1.29, 1.82) is 0 Å². The highest BCUT2D eigenvalue weighted by atomic mass is 79.9. The number of halogens is 1. The highest BCUT2D eigenvalue weighted by Crippen LogP contribution is 2.25. The van der Waals surface area contributed by atoms with Crippen molar-refractivity contribution in [2.24, 2.45) is 15.7 Å². The summed E-state index contributed by atoms with van der Waals surface area (Å²) >= 11 is 3.22. The Labute approximate surface area is 77.5 Å². The molecular weight excluding hydrogens is 226 g/mol. The molecule has 0 bridgehead atoms. The molecule has 5 nitrogen and oxygen atoms in total. The third-order valence-corrected chi connectivity index (χ3v) is 2.17. The maximum absolute atomic E-state index is 10.4. The number of hydrogen-bond acceptors (Lipinski definition) is 4. The van der Waals surface area contributed by atoms with E-state index in [4.69, 9.17) is 10.8 Å². The molecule has 1 rings (SSSR count). The summed E-state index contributed by atoms with van der Waals surface area (Å²) in [7, 11) is 0. The Morgan fingerprint density at radius 3 is 2.92 bits per heavy atom. The molecule has 0 saturated carbocycles. The fourth-order valence-corrected chi connectivity index (χ4v) is 1.37. The normalized spacial score (nSPS) is 29.2. The Bertz CT molecular complexity index is 239. The molecule has 0 aromatic heterocycles. The van der Waals surface area contributed by atoms with E-state index in [1.54, 1.807) is 0 Å². The Balaban J connectivity index is 2.56. The van der Waals surface area contributed by atoms with Crippen LogP contribution >= 0.6 is 15.9 Å². The van der Waals surface area contributed by atoms with E-state index >= 15 is 0 Å². The highest BCUT2D eigenvalue weighted by Gasteiger charge is 2.30. The number of aliphatic imine (C=N–C) groups is 2. The van der Waals surface area contributed by atoms with Gasteiger partial charge in [0.05, 0.1) is 0 Å². The number of nitrogens with two attached hydrogens (primary N) is 1. The number of rotatable bonds is 3. The first kappa shape index (κ1) is 9.34. The molecule has 0 spiro atoms. The van der Waals surface area contributed by atoms with E-state index in [1.165, 1.54) is 12.6 Å². The van der Waals surface area contributed by atoms with E-state index in [1.807, 2.05) is 0 Å². The second-order valence-corrected chi connectivity index (χ2v) is 3.86. The van der Waals surface area contributed by atoms with Crippen LogP contribution in [-0.4, -0.2) is 34.1 Å². The maximum Gasteiger partial charge on any atom is 0.320 e. The van der Waals surface area contributed by atoms with Crippen molar-refractivity contribution in [2.45, 2.75) is 16.9 Å². The van der Waals surface area contributed by atoms with Crippen molar-refractivity contribution in [3.63, 3.8) is 0 Å². The molecular formula is C6H8BrN3O2. The third-order valence-electron chi connectivity index (χ3n) is 1.43. The fraction of sp³-hybridized carbons (Fsp3) is 0.500. The standard InChI is InChI=1S/C6H8BrN3O2/c7-6(2-9-3-10-6)1-4(8)5(11)12/h2-4H,1,8H2,(H,11,12). The maximum atomic E-state index is 10.4. The molecule has 0 aromatic carbocycles. The van der Waals surface area contributed by atoms with Crippen molar-refractivity contribution in [1.82, 2.24) is 0 Å². The van der Waals surface area contributed by atoms with Gasteiger partial charge in [0.2, 0.25) is 0 Å². The Hall–Kier alpha value is -0.750. The van der Waals surface area contributed by atoms with Crippen molar-refractivity contribution in [3.8, 4) is 0 Å². The zero-order chi connectivity index (χ0) is 9.19. The average molecular weight is 234 g/mol. The van der Waals surface area contributed by atoms with Gasteiger partial charge < -0.3 is 10.8 Å². The van der Waals surface area contributed by atoms with Gasteiger partial charge in [-0.15, -0.1) is 0 Å². The lowest BCUT2D eigenvalue weighted by atomic mass is 10.1. The summed E-state index contributed by atoms with van der Waals surface area (Å²) in [5.41, 5.74) is 5.32. The Morgan fingerprint density at radius 2 is 2.50 bits per heavy atom. The number of carboxylic acids is 1. The minimum atomic E-state index is -1.04. The zero-order valence-electron chi connectivity index (χ0n) is 6.14. The second kappa shape index (κ2) is 3.32. The van der Waals surface area contributed by atoms with Gasteiger partial charge >= 0.3 is 5.97 Å². The summed E-state index contributed by atoms with van der Waals surface area (Å²) < 4.78 is -0.717. The van der Waals surface area contributed by atoms with Crippen LogP contribution in [0.5, 0.6) is 0 Å². The van der Waals surface area contributed by atoms with Crippen molar-refractivity contribution in [2.75, 3.05) is 0 Å². The molecule has 2 unspecified atom stereocenters. The monoisotopic (exact) mass is 233 g/mol. The number of alkyl halides is 1. The van der Waals surface area contributed by atoms with Gasteiger partial charge in [-0.1, -0.05) is 15.9 Å². The van der Waals surface area contributed by atoms with Gasteiger partial charge in [-0.3, -0.25) is 4.79 Å². The van der Waals surface area contributed by atoms with Gasteiger partial charge in [-0.2, -0.15) is 0 Å². The van der Waals surface area contributed by atoms with Crippen LogP contribution in [-0.2, 0) is 4.79 Å².